The highest BCUT2D eigenvalue weighted by molar-refractivity contribution is 6.30. The topological polar surface area (TPSA) is 41.6 Å². The zero-order chi connectivity index (χ0) is 17.6. The van der Waals surface area contributed by atoms with Gasteiger partial charge in [0.05, 0.1) is 12.2 Å². The number of rotatable bonds is 5. The summed E-state index contributed by atoms with van der Waals surface area (Å²) in [6.07, 6.45) is 0.666. The van der Waals surface area contributed by atoms with Crippen molar-refractivity contribution in [2.75, 3.05) is 25.0 Å². The van der Waals surface area contributed by atoms with E-state index in [9.17, 15) is 4.79 Å². The Kier molecular flexibility index (Phi) is 6.08. The van der Waals surface area contributed by atoms with Crippen LogP contribution in [0.1, 0.15) is 25.0 Å². The molecule has 132 valence electrons. The van der Waals surface area contributed by atoms with Gasteiger partial charge < -0.3 is 10.1 Å². The number of carbonyl (C=O) groups excluding carboxylic acids is 1. The molecule has 2 unspecified atom stereocenters. The van der Waals surface area contributed by atoms with Gasteiger partial charge in [0, 0.05) is 36.8 Å². The smallest absolute Gasteiger partial charge is 0.225 e. The summed E-state index contributed by atoms with van der Waals surface area (Å²) in [7, 11) is 0. The van der Waals surface area contributed by atoms with Crippen molar-refractivity contribution in [2.45, 2.75) is 25.6 Å². The first kappa shape index (κ1) is 17.9. The Morgan fingerprint density at radius 1 is 1.16 bits per heavy atom. The lowest BCUT2D eigenvalue weighted by Gasteiger charge is -2.37. The molecule has 1 heterocycles. The number of hydrogen-bond acceptors (Lipinski definition) is 3. The minimum absolute atomic E-state index is 0.0118. The van der Waals surface area contributed by atoms with Crippen LogP contribution in [0.2, 0.25) is 5.02 Å². The highest BCUT2D eigenvalue weighted by Crippen LogP contribution is 2.25. The minimum Gasteiger partial charge on any atom is -0.368 e. The molecule has 0 bridgehead atoms. The van der Waals surface area contributed by atoms with E-state index < -0.39 is 0 Å². The number of halogens is 1. The number of carbonyl (C=O) groups is 1. The second kappa shape index (κ2) is 8.48. The summed E-state index contributed by atoms with van der Waals surface area (Å²) in [6, 6.07) is 17.4. The predicted octanol–water partition coefficient (Wildman–Crippen LogP) is 4.13. The van der Waals surface area contributed by atoms with E-state index in [1.807, 2.05) is 30.3 Å². The summed E-state index contributed by atoms with van der Waals surface area (Å²) < 4.78 is 6.06. The lowest BCUT2D eigenvalue weighted by molar-refractivity contribution is -0.118. The van der Waals surface area contributed by atoms with Crippen LogP contribution in [0.3, 0.4) is 0 Å². The molecule has 0 aliphatic carbocycles. The maximum Gasteiger partial charge on any atom is 0.225 e. The van der Waals surface area contributed by atoms with E-state index in [1.165, 1.54) is 5.56 Å². The van der Waals surface area contributed by atoms with Gasteiger partial charge in [-0.2, -0.15) is 0 Å². The number of hydrogen-bond donors (Lipinski definition) is 1. The molecule has 3 rings (SSSR count). The molecule has 0 spiro atoms. The van der Waals surface area contributed by atoms with Crippen molar-refractivity contribution in [3.8, 4) is 0 Å². The number of amides is 1. The zero-order valence-corrected chi connectivity index (χ0v) is 15.1. The second-order valence-corrected chi connectivity index (χ2v) is 6.85. The molecule has 4 nitrogen and oxygen atoms in total. The van der Waals surface area contributed by atoms with Crippen molar-refractivity contribution in [3.63, 3.8) is 0 Å². The second-order valence-electron chi connectivity index (χ2n) is 6.41. The third-order valence-corrected chi connectivity index (χ3v) is 4.54. The van der Waals surface area contributed by atoms with Gasteiger partial charge in [0.1, 0.15) is 0 Å². The SMILES string of the molecule is CC1CN(CCC(=O)Nc2ccc(Cl)cc2)CC(c2ccccc2)O1. The molecule has 1 aliphatic rings. The average molecular weight is 359 g/mol. The van der Waals surface area contributed by atoms with Crippen molar-refractivity contribution in [3.05, 3.63) is 65.2 Å². The Hall–Kier alpha value is -1.88. The fourth-order valence-corrected chi connectivity index (χ4v) is 3.22. The van der Waals surface area contributed by atoms with Crippen LogP contribution in [-0.4, -0.2) is 36.5 Å². The van der Waals surface area contributed by atoms with E-state index in [4.69, 9.17) is 16.3 Å². The largest absolute Gasteiger partial charge is 0.368 e. The summed E-state index contributed by atoms with van der Waals surface area (Å²) in [5.41, 5.74) is 1.96. The number of nitrogens with zero attached hydrogens (tertiary/aromatic N) is 1. The molecule has 1 aliphatic heterocycles. The molecule has 25 heavy (non-hydrogen) atoms. The van der Waals surface area contributed by atoms with Crippen LogP contribution in [0.5, 0.6) is 0 Å². The first-order valence-corrected chi connectivity index (χ1v) is 8.96. The van der Waals surface area contributed by atoms with Gasteiger partial charge in [-0.05, 0) is 36.8 Å². The predicted molar refractivity (Wildman–Crippen MR) is 101 cm³/mol. The quantitative estimate of drug-likeness (QED) is 0.873. The molecule has 1 N–H and O–H groups in total. The Labute approximate surface area is 153 Å². The van der Waals surface area contributed by atoms with E-state index in [1.54, 1.807) is 12.1 Å². The maximum atomic E-state index is 12.2. The standard InChI is InChI=1S/C20H23ClN2O2/c1-15-13-23(14-19(25-15)16-5-3-2-4-6-16)12-11-20(24)22-18-9-7-17(21)8-10-18/h2-10,15,19H,11-14H2,1H3,(H,22,24). The molecular weight excluding hydrogens is 336 g/mol. The van der Waals surface area contributed by atoms with Gasteiger partial charge in [-0.15, -0.1) is 0 Å². The van der Waals surface area contributed by atoms with Gasteiger partial charge in [0.15, 0.2) is 0 Å². The summed E-state index contributed by atoms with van der Waals surface area (Å²) in [5.74, 6) is 0.0118. The van der Waals surface area contributed by atoms with Gasteiger partial charge in [0.2, 0.25) is 5.91 Å². The number of ether oxygens (including phenoxy) is 1. The molecule has 2 aromatic rings. The lowest BCUT2D eigenvalue weighted by Crippen LogP contribution is -2.43. The first-order chi connectivity index (χ1) is 12.1. The van der Waals surface area contributed by atoms with Crippen molar-refractivity contribution in [1.82, 2.24) is 4.90 Å². The van der Waals surface area contributed by atoms with E-state index in [0.717, 1.165) is 25.3 Å². The van der Waals surface area contributed by atoms with Gasteiger partial charge >= 0.3 is 0 Å². The molecule has 1 fully saturated rings. The molecule has 5 heteroatoms. The molecule has 2 aromatic carbocycles. The van der Waals surface area contributed by atoms with Gasteiger partial charge in [0.25, 0.3) is 0 Å². The van der Waals surface area contributed by atoms with Crippen molar-refractivity contribution in [1.29, 1.82) is 0 Å². The van der Waals surface area contributed by atoms with Crippen LogP contribution in [0.25, 0.3) is 0 Å². The Balaban J connectivity index is 1.51. The Morgan fingerprint density at radius 3 is 2.60 bits per heavy atom. The minimum atomic E-state index is 0.0118. The van der Waals surface area contributed by atoms with E-state index in [2.05, 4.69) is 29.3 Å². The van der Waals surface area contributed by atoms with Crippen LogP contribution in [0.15, 0.2) is 54.6 Å². The third kappa shape index (κ3) is 5.30. The molecular formula is C20H23ClN2O2. The monoisotopic (exact) mass is 358 g/mol. The van der Waals surface area contributed by atoms with Crippen LogP contribution >= 0.6 is 11.6 Å². The van der Waals surface area contributed by atoms with Crippen LogP contribution in [0, 0.1) is 0 Å². The average Bonchev–Trinajstić information content (AvgIpc) is 2.62. The molecule has 2 atom stereocenters. The Bertz CT molecular complexity index is 691. The van der Waals surface area contributed by atoms with E-state index in [0.29, 0.717) is 11.4 Å². The molecule has 1 amide bonds. The van der Waals surface area contributed by atoms with Crippen LogP contribution < -0.4 is 5.32 Å². The lowest BCUT2D eigenvalue weighted by atomic mass is 10.1. The van der Waals surface area contributed by atoms with E-state index >= 15 is 0 Å². The first-order valence-electron chi connectivity index (χ1n) is 8.58. The fraction of sp³-hybridized carbons (Fsp3) is 0.350. The molecule has 1 saturated heterocycles. The van der Waals surface area contributed by atoms with Gasteiger partial charge in [-0.25, -0.2) is 0 Å². The van der Waals surface area contributed by atoms with Crippen molar-refractivity contribution < 1.29 is 9.53 Å². The molecule has 0 aromatic heterocycles. The third-order valence-electron chi connectivity index (χ3n) is 4.29. The number of anilines is 1. The van der Waals surface area contributed by atoms with Gasteiger partial charge in [-0.3, -0.25) is 9.69 Å². The zero-order valence-electron chi connectivity index (χ0n) is 14.3. The van der Waals surface area contributed by atoms with Crippen molar-refractivity contribution >= 4 is 23.2 Å². The van der Waals surface area contributed by atoms with E-state index in [-0.39, 0.29) is 18.1 Å². The highest BCUT2D eigenvalue weighted by atomic mass is 35.5. The normalized spacial score (nSPS) is 21.0. The number of morpholine rings is 1. The van der Waals surface area contributed by atoms with Gasteiger partial charge in [-0.1, -0.05) is 41.9 Å². The van der Waals surface area contributed by atoms with Crippen molar-refractivity contribution in [2.24, 2.45) is 0 Å². The van der Waals surface area contributed by atoms with Crippen LogP contribution in [-0.2, 0) is 9.53 Å². The number of nitrogens with one attached hydrogen (secondary N) is 1. The summed E-state index contributed by atoms with van der Waals surface area (Å²) in [5, 5.41) is 3.57. The Morgan fingerprint density at radius 2 is 1.88 bits per heavy atom. The fourth-order valence-electron chi connectivity index (χ4n) is 3.09. The maximum absolute atomic E-state index is 12.2. The van der Waals surface area contributed by atoms with Crippen LogP contribution in [0.4, 0.5) is 5.69 Å². The molecule has 0 saturated carbocycles. The molecule has 0 radical (unpaired) electrons. The number of benzene rings is 2. The summed E-state index contributed by atoms with van der Waals surface area (Å²) in [4.78, 5) is 14.5. The highest BCUT2D eigenvalue weighted by Gasteiger charge is 2.26. The summed E-state index contributed by atoms with van der Waals surface area (Å²) in [6.45, 7) is 4.45. The summed E-state index contributed by atoms with van der Waals surface area (Å²) >= 11 is 5.86.